The fourth-order valence-corrected chi connectivity index (χ4v) is 2.27. The van der Waals surface area contributed by atoms with E-state index in [0.29, 0.717) is 18.2 Å². The first kappa shape index (κ1) is 16.3. The summed E-state index contributed by atoms with van der Waals surface area (Å²) >= 11 is 4.86. The minimum atomic E-state index is -0.148. The van der Waals surface area contributed by atoms with Gasteiger partial charge in [-0.05, 0) is 32.2 Å². The third kappa shape index (κ3) is 6.31. The van der Waals surface area contributed by atoms with Gasteiger partial charge < -0.3 is 15.8 Å². The van der Waals surface area contributed by atoms with Crippen molar-refractivity contribution >= 4 is 23.1 Å². The van der Waals surface area contributed by atoms with Gasteiger partial charge in [-0.25, -0.2) is 0 Å². The molecule has 1 rings (SSSR count). The van der Waals surface area contributed by atoms with Gasteiger partial charge in [-0.3, -0.25) is 9.69 Å². The van der Waals surface area contributed by atoms with Crippen LogP contribution >= 0.6 is 12.2 Å². The molecule has 0 radical (unpaired) electrons. The van der Waals surface area contributed by atoms with Crippen LogP contribution in [0.1, 0.15) is 32.6 Å². The van der Waals surface area contributed by atoms with Gasteiger partial charge in [0.25, 0.3) is 0 Å². The number of carbonyl (C=O) groups excluding carboxylic acids is 1. The van der Waals surface area contributed by atoms with Crippen molar-refractivity contribution in [1.29, 1.82) is 0 Å². The van der Waals surface area contributed by atoms with Gasteiger partial charge in [0.05, 0.1) is 18.2 Å². The summed E-state index contributed by atoms with van der Waals surface area (Å²) in [5, 5.41) is 2.94. The Bertz CT molecular complexity index is 300. The molecule has 6 heteroatoms. The molecule has 1 amide bonds. The summed E-state index contributed by atoms with van der Waals surface area (Å²) in [4.78, 5) is 14.8. The number of nitrogens with two attached hydrogens (primary N) is 1. The summed E-state index contributed by atoms with van der Waals surface area (Å²) < 4.78 is 5.41. The summed E-state index contributed by atoms with van der Waals surface area (Å²) in [5.74, 6) is 0.0795. The van der Waals surface area contributed by atoms with Gasteiger partial charge in [-0.15, -0.1) is 0 Å². The highest BCUT2D eigenvalue weighted by molar-refractivity contribution is 7.80. The Morgan fingerprint density at radius 3 is 3.00 bits per heavy atom. The van der Waals surface area contributed by atoms with E-state index in [1.807, 2.05) is 6.92 Å². The van der Waals surface area contributed by atoms with E-state index in [0.717, 1.165) is 45.3 Å². The number of carbonyl (C=O) groups is 1. The average molecular weight is 287 g/mol. The second kappa shape index (κ2) is 9.23. The number of nitrogens with one attached hydrogen (secondary N) is 1. The number of amides is 1. The topological polar surface area (TPSA) is 67.6 Å². The zero-order chi connectivity index (χ0) is 14.1. The van der Waals surface area contributed by atoms with E-state index in [9.17, 15) is 4.79 Å². The number of ether oxygens (including phenoxy) is 1. The van der Waals surface area contributed by atoms with Gasteiger partial charge in [-0.1, -0.05) is 19.1 Å². The molecule has 1 aliphatic heterocycles. The first-order chi connectivity index (χ1) is 9.15. The SMILES string of the molecule is CCCNC(=O)C1COCCN1CCCCC(N)=S. The second-order valence-electron chi connectivity index (χ2n) is 4.84. The fraction of sp³-hybridized carbons (Fsp3) is 0.846. The van der Waals surface area contributed by atoms with Gasteiger partial charge in [0.2, 0.25) is 5.91 Å². The maximum Gasteiger partial charge on any atom is 0.239 e. The average Bonchev–Trinajstić information content (AvgIpc) is 2.41. The van der Waals surface area contributed by atoms with E-state index in [2.05, 4.69) is 10.2 Å². The summed E-state index contributed by atoms with van der Waals surface area (Å²) in [6.07, 6.45) is 3.73. The lowest BCUT2D eigenvalue weighted by molar-refractivity contribution is -0.132. The van der Waals surface area contributed by atoms with E-state index in [1.54, 1.807) is 0 Å². The number of hydrogen-bond acceptors (Lipinski definition) is 4. The molecule has 1 aliphatic rings. The lowest BCUT2D eigenvalue weighted by Gasteiger charge is -2.34. The molecule has 1 fully saturated rings. The van der Waals surface area contributed by atoms with Gasteiger partial charge in [0.15, 0.2) is 0 Å². The number of rotatable bonds is 8. The predicted molar refractivity (Wildman–Crippen MR) is 80.1 cm³/mol. The van der Waals surface area contributed by atoms with Crippen LogP contribution in [0.5, 0.6) is 0 Å². The monoisotopic (exact) mass is 287 g/mol. The summed E-state index contributed by atoms with van der Waals surface area (Å²) in [7, 11) is 0. The van der Waals surface area contributed by atoms with Gasteiger partial charge in [0, 0.05) is 13.1 Å². The maximum atomic E-state index is 12.0. The Hall–Kier alpha value is -0.720. The molecule has 0 saturated carbocycles. The first-order valence-electron chi connectivity index (χ1n) is 7.03. The highest BCUT2D eigenvalue weighted by Crippen LogP contribution is 2.09. The maximum absolute atomic E-state index is 12.0. The molecule has 0 aromatic rings. The van der Waals surface area contributed by atoms with E-state index < -0.39 is 0 Å². The van der Waals surface area contributed by atoms with Crippen LogP contribution in [0.3, 0.4) is 0 Å². The minimum Gasteiger partial charge on any atom is -0.393 e. The Morgan fingerprint density at radius 1 is 1.53 bits per heavy atom. The van der Waals surface area contributed by atoms with Crippen molar-refractivity contribution in [3.63, 3.8) is 0 Å². The molecule has 0 aliphatic carbocycles. The van der Waals surface area contributed by atoms with Crippen LogP contribution in [0.25, 0.3) is 0 Å². The van der Waals surface area contributed by atoms with Gasteiger partial charge in [0.1, 0.15) is 6.04 Å². The van der Waals surface area contributed by atoms with Crippen molar-refractivity contribution in [1.82, 2.24) is 10.2 Å². The lowest BCUT2D eigenvalue weighted by Crippen LogP contribution is -2.54. The van der Waals surface area contributed by atoms with Crippen LogP contribution in [0, 0.1) is 0 Å². The summed E-state index contributed by atoms with van der Waals surface area (Å²) in [6.45, 7) is 5.68. The highest BCUT2D eigenvalue weighted by atomic mass is 32.1. The Kier molecular flexibility index (Phi) is 7.93. The summed E-state index contributed by atoms with van der Waals surface area (Å²) in [5.41, 5.74) is 5.48. The van der Waals surface area contributed by atoms with Crippen molar-refractivity contribution < 1.29 is 9.53 Å². The predicted octanol–water partition coefficient (Wildman–Crippen LogP) is 0.670. The standard InChI is InChI=1S/C13H25N3O2S/c1-2-6-15-13(17)11-10-18-9-8-16(11)7-4-3-5-12(14)19/h11H,2-10H2,1H3,(H2,14,19)(H,15,17). The highest BCUT2D eigenvalue weighted by Gasteiger charge is 2.28. The van der Waals surface area contributed by atoms with Crippen LogP contribution in [0.15, 0.2) is 0 Å². The smallest absolute Gasteiger partial charge is 0.239 e. The second-order valence-corrected chi connectivity index (χ2v) is 5.37. The van der Waals surface area contributed by atoms with Crippen molar-refractivity contribution in [2.45, 2.75) is 38.6 Å². The third-order valence-corrected chi connectivity index (χ3v) is 3.41. The van der Waals surface area contributed by atoms with Crippen molar-refractivity contribution in [3.8, 4) is 0 Å². The van der Waals surface area contributed by atoms with Crippen LogP contribution in [0.2, 0.25) is 0 Å². The molecule has 1 unspecified atom stereocenters. The van der Waals surface area contributed by atoms with E-state index in [-0.39, 0.29) is 11.9 Å². The van der Waals surface area contributed by atoms with Crippen molar-refractivity contribution in [3.05, 3.63) is 0 Å². The molecule has 0 bridgehead atoms. The molecule has 1 saturated heterocycles. The minimum absolute atomic E-state index is 0.0795. The van der Waals surface area contributed by atoms with Crippen LogP contribution in [-0.4, -0.2) is 54.7 Å². The van der Waals surface area contributed by atoms with Crippen molar-refractivity contribution in [2.24, 2.45) is 5.73 Å². The van der Waals surface area contributed by atoms with Crippen LogP contribution < -0.4 is 11.1 Å². The number of hydrogen-bond donors (Lipinski definition) is 2. The fourth-order valence-electron chi connectivity index (χ4n) is 2.13. The molecule has 0 aromatic heterocycles. The number of thiocarbonyl (C=S) groups is 1. The first-order valence-corrected chi connectivity index (χ1v) is 7.43. The number of morpholine rings is 1. The van der Waals surface area contributed by atoms with Crippen LogP contribution in [0.4, 0.5) is 0 Å². The normalized spacial score (nSPS) is 20.2. The molecule has 3 N–H and O–H groups in total. The van der Waals surface area contributed by atoms with E-state index >= 15 is 0 Å². The Labute approximate surface area is 120 Å². The molecule has 110 valence electrons. The van der Waals surface area contributed by atoms with E-state index in [4.69, 9.17) is 22.7 Å². The molecular weight excluding hydrogens is 262 g/mol. The Balaban J connectivity index is 2.34. The number of unbranched alkanes of at least 4 members (excludes halogenated alkanes) is 1. The summed E-state index contributed by atoms with van der Waals surface area (Å²) in [6, 6.07) is -0.148. The van der Waals surface area contributed by atoms with Gasteiger partial charge in [-0.2, -0.15) is 0 Å². The molecular formula is C13H25N3O2S. The third-order valence-electron chi connectivity index (χ3n) is 3.21. The number of nitrogens with zero attached hydrogens (tertiary/aromatic N) is 1. The zero-order valence-corrected chi connectivity index (χ0v) is 12.5. The van der Waals surface area contributed by atoms with Crippen LogP contribution in [-0.2, 0) is 9.53 Å². The molecule has 0 aromatic carbocycles. The lowest BCUT2D eigenvalue weighted by atomic mass is 10.1. The molecule has 1 heterocycles. The van der Waals surface area contributed by atoms with Crippen molar-refractivity contribution in [2.75, 3.05) is 32.8 Å². The Morgan fingerprint density at radius 2 is 2.32 bits per heavy atom. The molecule has 0 spiro atoms. The van der Waals surface area contributed by atoms with Gasteiger partial charge >= 0.3 is 0 Å². The largest absolute Gasteiger partial charge is 0.393 e. The quantitative estimate of drug-likeness (QED) is 0.507. The zero-order valence-electron chi connectivity index (χ0n) is 11.7. The molecule has 19 heavy (non-hydrogen) atoms. The molecule has 1 atom stereocenters. The molecule has 5 nitrogen and oxygen atoms in total. The van der Waals surface area contributed by atoms with E-state index in [1.165, 1.54) is 0 Å².